The Morgan fingerprint density at radius 1 is 1.45 bits per heavy atom. The first-order valence-electron chi connectivity index (χ1n) is 7.01. The van der Waals surface area contributed by atoms with Gasteiger partial charge in [0.1, 0.15) is 0 Å². The van der Waals surface area contributed by atoms with E-state index in [2.05, 4.69) is 45.6 Å². The maximum Gasteiger partial charge on any atom is 0.234 e. The Kier molecular flexibility index (Phi) is 6.01. The molecule has 4 nitrogen and oxygen atoms in total. The average molecular weight is 341 g/mol. The summed E-state index contributed by atoms with van der Waals surface area (Å²) in [5, 5.41) is 6.30. The summed E-state index contributed by atoms with van der Waals surface area (Å²) in [5.41, 5.74) is 1.17. The summed E-state index contributed by atoms with van der Waals surface area (Å²) in [4.78, 5) is 11.9. The third kappa shape index (κ3) is 4.89. The van der Waals surface area contributed by atoms with E-state index in [1.54, 1.807) is 0 Å². The molecule has 0 bridgehead atoms. The molecule has 2 rings (SSSR count). The molecule has 1 fully saturated rings. The second-order valence-electron chi connectivity index (χ2n) is 5.11. The fraction of sp³-hybridized carbons (Fsp3) is 0.533. The third-order valence-electron chi connectivity index (χ3n) is 3.50. The van der Waals surface area contributed by atoms with Crippen molar-refractivity contribution in [3.05, 3.63) is 34.3 Å². The van der Waals surface area contributed by atoms with Crippen LogP contribution in [0.1, 0.15) is 31.4 Å². The number of ether oxygens (including phenoxy) is 1. The predicted molar refractivity (Wildman–Crippen MR) is 82.5 cm³/mol. The molecule has 0 spiro atoms. The Morgan fingerprint density at radius 3 is 2.90 bits per heavy atom. The van der Waals surface area contributed by atoms with Crippen molar-refractivity contribution in [1.29, 1.82) is 0 Å². The molecule has 1 heterocycles. The smallest absolute Gasteiger partial charge is 0.234 e. The lowest BCUT2D eigenvalue weighted by atomic mass is 10.1. The van der Waals surface area contributed by atoms with Crippen LogP contribution in [0, 0.1) is 0 Å². The molecule has 0 aliphatic carbocycles. The molecule has 5 heteroatoms. The highest BCUT2D eigenvalue weighted by Gasteiger charge is 2.16. The molecule has 0 unspecified atom stereocenters. The average Bonchev–Trinajstić information content (AvgIpc) is 2.46. The second-order valence-corrected chi connectivity index (χ2v) is 6.03. The first-order chi connectivity index (χ1) is 9.65. The summed E-state index contributed by atoms with van der Waals surface area (Å²) in [6.07, 6.45) is 1.82. The standard InChI is InChI=1S/C15H21BrN2O2/c1-11(12-3-2-4-13(16)9-12)17-10-15(19)18-14-5-7-20-8-6-14/h2-4,9,11,14,17H,5-8,10H2,1H3,(H,18,19)/t11-/m0/s1. The number of halogens is 1. The van der Waals surface area contributed by atoms with Crippen molar-refractivity contribution >= 4 is 21.8 Å². The van der Waals surface area contributed by atoms with Gasteiger partial charge in [0.25, 0.3) is 0 Å². The molecule has 2 N–H and O–H groups in total. The Labute approximate surface area is 128 Å². The Hall–Kier alpha value is -0.910. The topological polar surface area (TPSA) is 50.4 Å². The highest BCUT2D eigenvalue weighted by atomic mass is 79.9. The van der Waals surface area contributed by atoms with Crippen molar-refractivity contribution in [2.75, 3.05) is 19.8 Å². The molecular formula is C15H21BrN2O2. The molecule has 1 aliphatic heterocycles. The molecule has 20 heavy (non-hydrogen) atoms. The van der Waals surface area contributed by atoms with E-state index in [0.29, 0.717) is 6.54 Å². The van der Waals surface area contributed by atoms with Gasteiger partial charge in [-0.25, -0.2) is 0 Å². The molecule has 1 atom stereocenters. The van der Waals surface area contributed by atoms with Crippen molar-refractivity contribution in [3.63, 3.8) is 0 Å². The lowest BCUT2D eigenvalue weighted by Gasteiger charge is -2.23. The van der Waals surface area contributed by atoms with E-state index in [1.165, 1.54) is 5.56 Å². The van der Waals surface area contributed by atoms with Gasteiger partial charge in [0.15, 0.2) is 0 Å². The maximum atomic E-state index is 11.9. The van der Waals surface area contributed by atoms with E-state index in [9.17, 15) is 4.79 Å². The zero-order valence-corrected chi connectivity index (χ0v) is 13.3. The van der Waals surface area contributed by atoms with Gasteiger partial charge in [-0.2, -0.15) is 0 Å². The van der Waals surface area contributed by atoms with Crippen molar-refractivity contribution in [3.8, 4) is 0 Å². The molecule has 1 aromatic carbocycles. The number of amides is 1. The van der Waals surface area contributed by atoms with Crippen molar-refractivity contribution < 1.29 is 9.53 Å². The van der Waals surface area contributed by atoms with Crippen LogP contribution in [-0.2, 0) is 9.53 Å². The number of benzene rings is 1. The number of nitrogens with one attached hydrogen (secondary N) is 2. The summed E-state index contributed by atoms with van der Waals surface area (Å²) in [6, 6.07) is 8.52. The second kappa shape index (κ2) is 7.76. The van der Waals surface area contributed by atoms with Crippen molar-refractivity contribution in [2.45, 2.75) is 31.8 Å². The van der Waals surface area contributed by atoms with Gasteiger partial charge in [0.05, 0.1) is 6.54 Å². The van der Waals surface area contributed by atoms with Gasteiger partial charge in [-0.3, -0.25) is 4.79 Å². The normalized spacial score (nSPS) is 17.7. The van der Waals surface area contributed by atoms with Crippen LogP contribution < -0.4 is 10.6 Å². The zero-order valence-electron chi connectivity index (χ0n) is 11.7. The highest BCUT2D eigenvalue weighted by Crippen LogP contribution is 2.17. The summed E-state index contributed by atoms with van der Waals surface area (Å²) in [5.74, 6) is 0.0544. The van der Waals surface area contributed by atoms with Gasteiger partial charge in [0.2, 0.25) is 5.91 Å². The Bertz CT molecular complexity index is 447. The van der Waals surface area contributed by atoms with Gasteiger partial charge < -0.3 is 15.4 Å². The molecule has 110 valence electrons. The summed E-state index contributed by atoms with van der Waals surface area (Å²) in [7, 11) is 0. The van der Waals surface area contributed by atoms with Crippen LogP contribution in [0.5, 0.6) is 0 Å². The number of hydrogen-bond donors (Lipinski definition) is 2. The minimum atomic E-state index is 0.0544. The number of hydrogen-bond acceptors (Lipinski definition) is 3. The van der Waals surface area contributed by atoms with Gasteiger partial charge >= 0.3 is 0 Å². The lowest BCUT2D eigenvalue weighted by molar-refractivity contribution is -0.121. The largest absolute Gasteiger partial charge is 0.381 e. The van der Waals surface area contributed by atoms with E-state index in [4.69, 9.17) is 4.74 Å². The monoisotopic (exact) mass is 340 g/mol. The summed E-state index contributed by atoms with van der Waals surface area (Å²) in [6.45, 7) is 3.88. The van der Waals surface area contributed by atoms with E-state index in [-0.39, 0.29) is 18.0 Å². The van der Waals surface area contributed by atoms with E-state index >= 15 is 0 Å². The summed E-state index contributed by atoms with van der Waals surface area (Å²) >= 11 is 3.46. The minimum Gasteiger partial charge on any atom is -0.381 e. The number of carbonyl (C=O) groups excluding carboxylic acids is 1. The molecule has 1 aromatic rings. The van der Waals surface area contributed by atoms with Crippen molar-refractivity contribution in [2.24, 2.45) is 0 Å². The molecule has 0 radical (unpaired) electrons. The van der Waals surface area contributed by atoms with Gasteiger partial charge in [-0.1, -0.05) is 28.1 Å². The third-order valence-corrected chi connectivity index (χ3v) is 4.00. The first-order valence-corrected chi connectivity index (χ1v) is 7.80. The van der Waals surface area contributed by atoms with Crippen LogP contribution in [-0.4, -0.2) is 31.7 Å². The van der Waals surface area contributed by atoms with Crippen LogP contribution in [0.25, 0.3) is 0 Å². The Morgan fingerprint density at radius 2 is 2.20 bits per heavy atom. The molecule has 1 saturated heterocycles. The molecule has 0 aromatic heterocycles. The van der Waals surface area contributed by atoms with Crippen molar-refractivity contribution in [1.82, 2.24) is 10.6 Å². The lowest BCUT2D eigenvalue weighted by Crippen LogP contribution is -2.43. The van der Waals surface area contributed by atoms with Gasteiger partial charge in [0, 0.05) is 29.8 Å². The van der Waals surface area contributed by atoms with Crippen LogP contribution in [0.3, 0.4) is 0 Å². The van der Waals surface area contributed by atoms with Crippen LogP contribution in [0.2, 0.25) is 0 Å². The Balaban J connectivity index is 1.75. The van der Waals surface area contributed by atoms with E-state index in [1.807, 2.05) is 12.1 Å². The van der Waals surface area contributed by atoms with E-state index < -0.39 is 0 Å². The van der Waals surface area contributed by atoms with Crippen LogP contribution in [0.15, 0.2) is 28.7 Å². The SMILES string of the molecule is C[C@H](NCC(=O)NC1CCOCC1)c1cccc(Br)c1. The maximum absolute atomic E-state index is 11.9. The van der Waals surface area contributed by atoms with Gasteiger partial charge in [-0.15, -0.1) is 0 Å². The quantitative estimate of drug-likeness (QED) is 0.865. The number of carbonyl (C=O) groups is 1. The van der Waals surface area contributed by atoms with Crippen LogP contribution in [0.4, 0.5) is 0 Å². The van der Waals surface area contributed by atoms with Gasteiger partial charge in [-0.05, 0) is 37.5 Å². The summed E-state index contributed by atoms with van der Waals surface area (Å²) < 4.78 is 6.33. The predicted octanol–water partition coefficient (Wildman–Crippen LogP) is 2.39. The van der Waals surface area contributed by atoms with E-state index in [0.717, 1.165) is 30.5 Å². The number of rotatable bonds is 5. The minimum absolute atomic E-state index is 0.0544. The fourth-order valence-corrected chi connectivity index (χ4v) is 2.68. The molecular weight excluding hydrogens is 320 g/mol. The first kappa shape index (κ1) is 15.5. The zero-order chi connectivity index (χ0) is 14.4. The molecule has 0 saturated carbocycles. The molecule has 1 aliphatic rings. The fourth-order valence-electron chi connectivity index (χ4n) is 2.26. The highest BCUT2D eigenvalue weighted by molar-refractivity contribution is 9.10. The molecule has 1 amide bonds. The van der Waals surface area contributed by atoms with Crippen LogP contribution >= 0.6 is 15.9 Å².